The van der Waals surface area contributed by atoms with Crippen LogP contribution in [0.1, 0.15) is 11.1 Å². The van der Waals surface area contributed by atoms with Gasteiger partial charge in [0.05, 0.1) is 24.8 Å². The average molecular weight is 329 g/mol. The molecular formula is C17H14ClFN4. The van der Waals surface area contributed by atoms with Crippen LogP contribution in [0, 0.1) is 5.82 Å². The Morgan fingerprint density at radius 1 is 1.30 bits per heavy atom. The van der Waals surface area contributed by atoms with E-state index in [0.717, 1.165) is 17.4 Å². The van der Waals surface area contributed by atoms with Crippen molar-refractivity contribution in [3.05, 3.63) is 64.8 Å². The Morgan fingerprint density at radius 2 is 2.22 bits per heavy atom. The molecule has 0 saturated carbocycles. The van der Waals surface area contributed by atoms with Crippen LogP contribution in [0.25, 0.3) is 10.9 Å². The Hall–Kier alpha value is -2.40. The van der Waals surface area contributed by atoms with Crippen LogP contribution in [-0.2, 0) is 6.54 Å². The fourth-order valence-electron chi connectivity index (χ4n) is 2.82. The van der Waals surface area contributed by atoms with Crippen molar-refractivity contribution in [2.24, 2.45) is 4.99 Å². The summed E-state index contributed by atoms with van der Waals surface area (Å²) in [4.78, 5) is 8.43. The van der Waals surface area contributed by atoms with Crippen molar-refractivity contribution >= 4 is 28.3 Å². The second kappa shape index (κ2) is 5.66. The number of aliphatic imine (C=N–C) groups is 1. The van der Waals surface area contributed by atoms with E-state index in [1.54, 1.807) is 18.5 Å². The van der Waals surface area contributed by atoms with Crippen molar-refractivity contribution in [2.45, 2.75) is 6.54 Å². The minimum absolute atomic E-state index is 0.324. The molecule has 0 bridgehead atoms. The van der Waals surface area contributed by atoms with Gasteiger partial charge >= 0.3 is 0 Å². The lowest BCUT2D eigenvalue weighted by molar-refractivity contribution is 0.602. The van der Waals surface area contributed by atoms with Gasteiger partial charge in [0.15, 0.2) is 0 Å². The maximum Gasteiger partial charge on any atom is 0.130 e. The molecule has 4 nitrogen and oxygen atoms in total. The molecule has 3 aromatic rings. The molecule has 3 heterocycles. The molecule has 23 heavy (non-hydrogen) atoms. The van der Waals surface area contributed by atoms with Crippen LogP contribution >= 0.6 is 11.6 Å². The Kier molecular flexibility index (Phi) is 3.50. The lowest BCUT2D eigenvalue weighted by atomic mass is 10.1. The van der Waals surface area contributed by atoms with Gasteiger partial charge in [-0.25, -0.2) is 4.39 Å². The molecule has 0 amide bonds. The van der Waals surface area contributed by atoms with Gasteiger partial charge in [0.2, 0.25) is 0 Å². The van der Waals surface area contributed by atoms with E-state index in [9.17, 15) is 4.39 Å². The number of aromatic nitrogens is 2. The first-order valence-corrected chi connectivity index (χ1v) is 7.75. The second-order valence-corrected chi connectivity index (χ2v) is 5.86. The Labute approximate surface area is 137 Å². The van der Waals surface area contributed by atoms with E-state index in [0.29, 0.717) is 35.1 Å². The molecule has 1 aliphatic heterocycles. The fourth-order valence-corrected chi connectivity index (χ4v) is 3.09. The highest BCUT2D eigenvalue weighted by Crippen LogP contribution is 2.25. The highest BCUT2D eigenvalue weighted by Gasteiger charge is 2.15. The molecule has 1 aromatic carbocycles. The van der Waals surface area contributed by atoms with Gasteiger partial charge in [0.1, 0.15) is 11.7 Å². The Bertz CT molecular complexity index is 893. The number of benzene rings is 1. The first-order valence-electron chi connectivity index (χ1n) is 7.38. The molecule has 0 radical (unpaired) electrons. The number of nitrogens with zero attached hydrogens (tertiary/aromatic N) is 3. The van der Waals surface area contributed by atoms with Gasteiger partial charge in [-0.3, -0.25) is 9.98 Å². The van der Waals surface area contributed by atoms with Gasteiger partial charge < -0.3 is 9.88 Å². The number of rotatable bonds is 3. The zero-order chi connectivity index (χ0) is 15.8. The predicted octanol–water partition coefficient (Wildman–Crippen LogP) is 3.23. The monoisotopic (exact) mass is 328 g/mol. The van der Waals surface area contributed by atoms with Gasteiger partial charge in [0, 0.05) is 40.5 Å². The number of halogens is 2. The SMILES string of the molecule is Fc1cc(C2=NCCN2)cc(Cl)c1Cn1ccc2ccncc21. The van der Waals surface area contributed by atoms with Crippen LogP contribution in [0.2, 0.25) is 5.02 Å². The van der Waals surface area contributed by atoms with E-state index in [-0.39, 0.29) is 5.82 Å². The molecule has 1 aliphatic rings. The molecule has 1 N–H and O–H groups in total. The first-order chi connectivity index (χ1) is 11.2. The van der Waals surface area contributed by atoms with Crippen LogP contribution in [0.4, 0.5) is 4.39 Å². The molecule has 0 fully saturated rings. The molecule has 4 rings (SSSR count). The molecular weight excluding hydrogens is 315 g/mol. The number of pyridine rings is 1. The normalized spacial score (nSPS) is 14.1. The van der Waals surface area contributed by atoms with Crippen LogP contribution in [-0.4, -0.2) is 28.5 Å². The largest absolute Gasteiger partial charge is 0.368 e. The highest BCUT2D eigenvalue weighted by atomic mass is 35.5. The number of fused-ring (bicyclic) bond motifs is 1. The molecule has 0 saturated heterocycles. The summed E-state index contributed by atoms with van der Waals surface area (Å²) in [5, 5.41) is 4.60. The lowest BCUT2D eigenvalue weighted by Gasteiger charge is -2.11. The summed E-state index contributed by atoms with van der Waals surface area (Å²) in [7, 11) is 0. The summed E-state index contributed by atoms with van der Waals surface area (Å²) in [5.41, 5.74) is 2.11. The Balaban J connectivity index is 1.71. The van der Waals surface area contributed by atoms with Crippen molar-refractivity contribution in [3.8, 4) is 0 Å². The summed E-state index contributed by atoms with van der Waals surface area (Å²) in [6, 6.07) is 7.16. The molecule has 0 atom stereocenters. The maximum atomic E-state index is 14.6. The fraction of sp³-hybridized carbons (Fsp3) is 0.176. The van der Waals surface area contributed by atoms with Crippen molar-refractivity contribution in [1.29, 1.82) is 0 Å². The average Bonchev–Trinajstić information content (AvgIpc) is 3.21. The molecule has 0 unspecified atom stereocenters. The lowest BCUT2D eigenvalue weighted by Crippen LogP contribution is -2.20. The van der Waals surface area contributed by atoms with E-state index in [4.69, 9.17) is 11.6 Å². The van der Waals surface area contributed by atoms with Gasteiger partial charge in [-0.05, 0) is 24.3 Å². The first kappa shape index (κ1) is 14.2. The highest BCUT2D eigenvalue weighted by molar-refractivity contribution is 6.31. The smallest absolute Gasteiger partial charge is 0.130 e. The van der Waals surface area contributed by atoms with Gasteiger partial charge in [-0.2, -0.15) is 0 Å². The molecule has 2 aromatic heterocycles. The summed E-state index contributed by atoms with van der Waals surface area (Å²) < 4.78 is 16.5. The van der Waals surface area contributed by atoms with Crippen molar-refractivity contribution in [1.82, 2.24) is 14.9 Å². The standard InChI is InChI=1S/C17H14ClFN4/c18-14-7-12(17-21-4-5-22-17)8-15(19)13(14)10-23-6-2-11-1-3-20-9-16(11)23/h1-3,6-9H,4-5,10H2,(H,21,22). The maximum absolute atomic E-state index is 14.6. The minimum Gasteiger partial charge on any atom is -0.368 e. The topological polar surface area (TPSA) is 42.2 Å². The van der Waals surface area contributed by atoms with E-state index in [1.165, 1.54) is 6.07 Å². The number of hydrogen-bond donors (Lipinski definition) is 1. The van der Waals surface area contributed by atoms with Crippen LogP contribution < -0.4 is 5.32 Å². The van der Waals surface area contributed by atoms with Gasteiger partial charge in [-0.1, -0.05) is 11.6 Å². The summed E-state index contributed by atoms with van der Waals surface area (Å²) in [6.07, 6.45) is 5.43. The second-order valence-electron chi connectivity index (χ2n) is 5.45. The summed E-state index contributed by atoms with van der Waals surface area (Å²) in [6.45, 7) is 1.84. The number of nitrogens with one attached hydrogen (secondary N) is 1. The molecule has 0 aliphatic carbocycles. The van der Waals surface area contributed by atoms with E-state index in [2.05, 4.69) is 15.3 Å². The van der Waals surface area contributed by atoms with Gasteiger partial charge in [-0.15, -0.1) is 0 Å². The number of amidine groups is 1. The molecule has 116 valence electrons. The molecule has 0 spiro atoms. The Morgan fingerprint density at radius 3 is 3.00 bits per heavy atom. The van der Waals surface area contributed by atoms with Crippen molar-refractivity contribution in [2.75, 3.05) is 13.1 Å². The summed E-state index contributed by atoms with van der Waals surface area (Å²) >= 11 is 6.33. The quantitative estimate of drug-likeness (QED) is 0.802. The van der Waals surface area contributed by atoms with Crippen LogP contribution in [0.3, 0.4) is 0 Å². The van der Waals surface area contributed by atoms with E-state index in [1.807, 2.05) is 22.9 Å². The third kappa shape index (κ3) is 2.57. The third-order valence-corrected chi connectivity index (χ3v) is 4.33. The van der Waals surface area contributed by atoms with Crippen LogP contribution in [0.15, 0.2) is 47.8 Å². The van der Waals surface area contributed by atoms with Crippen molar-refractivity contribution in [3.63, 3.8) is 0 Å². The predicted molar refractivity (Wildman–Crippen MR) is 89.7 cm³/mol. The molecule has 6 heteroatoms. The number of hydrogen-bond acceptors (Lipinski definition) is 3. The van der Waals surface area contributed by atoms with Crippen molar-refractivity contribution < 1.29 is 4.39 Å². The zero-order valence-electron chi connectivity index (χ0n) is 12.3. The van der Waals surface area contributed by atoms with E-state index < -0.39 is 0 Å². The zero-order valence-corrected chi connectivity index (χ0v) is 13.0. The van der Waals surface area contributed by atoms with Gasteiger partial charge in [0.25, 0.3) is 0 Å². The van der Waals surface area contributed by atoms with Crippen LogP contribution in [0.5, 0.6) is 0 Å². The minimum atomic E-state index is -0.324. The summed E-state index contributed by atoms with van der Waals surface area (Å²) in [5.74, 6) is 0.377. The van der Waals surface area contributed by atoms with E-state index >= 15 is 0 Å². The third-order valence-electron chi connectivity index (χ3n) is 3.99.